The second-order valence-electron chi connectivity index (χ2n) is 4.93. The Morgan fingerprint density at radius 3 is 2.75 bits per heavy atom. The third-order valence-electron chi connectivity index (χ3n) is 3.31. The molecule has 0 aliphatic carbocycles. The van der Waals surface area contributed by atoms with Gasteiger partial charge in [-0.1, -0.05) is 12.1 Å². The number of tetrazole rings is 1. The van der Waals surface area contributed by atoms with Gasteiger partial charge in [-0.25, -0.2) is 8.78 Å². The standard InChI is InChI=1S/C16H12F2N4O2/c1-24-12-4-2-3-11(7-12)16-19-21-22(20-16)9-15(23)10-5-6-13(17)14(18)8-10/h2-8H,9H2,1H3. The van der Waals surface area contributed by atoms with Crippen molar-refractivity contribution in [2.45, 2.75) is 6.54 Å². The summed E-state index contributed by atoms with van der Waals surface area (Å²) in [4.78, 5) is 13.2. The molecule has 122 valence electrons. The van der Waals surface area contributed by atoms with Crippen LogP contribution in [0.2, 0.25) is 0 Å². The molecule has 0 unspecified atom stereocenters. The fraction of sp³-hybridized carbons (Fsp3) is 0.125. The van der Waals surface area contributed by atoms with Gasteiger partial charge in [0.1, 0.15) is 12.3 Å². The molecule has 0 N–H and O–H groups in total. The Morgan fingerprint density at radius 2 is 2.00 bits per heavy atom. The summed E-state index contributed by atoms with van der Waals surface area (Å²) in [6.07, 6.45) is 0. The highest BCUT2D eigenvalue weighted by Gasteiger charge is 2.13. The van der Waals surface area contributed by atoms with Crippen molar-refractivity contribution in [3.63, 3.8) is 0 Å². The lowest BCUT2D eigenvalue weighted by Gasteiger charge is -2.01. The van der Waals surface area contributed by atoms with E-state index in [1.807, 2.05) is 0 Å². The van der Waals surface area contributed by atoms with Gasteiger partial charge in [-0.05, 0) is 35.5 Å². The number of carbonyl (C=O) groups is 1. The van der Waals surface area contributed by atoms with E-state index in [2.05, 4.69) is 15.4 Å². The van der Waals surface area contributed by atoms with E-state index in [1.165, 1.54) is 6.07 Å². The lowest BCUT2D eigenvalue weighted by Crippen LogP contribution is -2.13. The lowest BCUT2D eigenvalue weighted by molar-refractivity contribution is 0.0961. The first-order valence-electron chi connectivity index (χ1n) is 6.97. The van der Waals surface area contributed by atoms with Gasteiger partial charge in [-0.2, -0.15) is 4.80 Å². The highest BCUT2D eigenvalue weighted by atomic mass is 19.2. The van der Waals surface area contributed by atoms with Crippen molar-refractivity contribution in [3.8, 4) is 17.1 Å². The highest BCUT2D eigenvalue weighted by molar-refractivity contribution is 5.95. The molecule has 0 saturated carbocycles. The van der Waals surface area contributed by atoms with Gasteiger partial charge in [-0.3, -0.25) is 4.79 Å². The van der Waals surface area contributed by atoms with E-state index in [0.717, 1.165) is 16.9 Å². The van der Waals surface area contributed by atoms with Gasteiger partial charge in [0, 0.05) is 11.1 Å². The van der Waals surface area contributed by atoms with E-state index >= 15 is 0 Å². The average Bonchev–Trinajstić information content (AvgIpc) is 3.06. The van der Waals surface area contributed by atoms with Crippen LogP contribution < -0.4 is 4.74 Å². The van der Waals surface area contributed by atoms with E-state index in [0.29, 0.717) is 17.1 Å². The second-order valence-corrected chi connectivity index (χ2v) is 4.93. The number of ketones is 1. The number of Topliss-reactive ketones (excluding diaryl/α,β-unsaturated/α-hetero) is 1. The van der Waals surface area contributed by atoms with Crippen LogP contribution >= 0.6 is 0 Å². The molecule has 3 aromatic rings. The smallest absolute Gasteiger partial charge is 0.205 e. The first-order valence-corrected chi connectivity index (χ1v) is 6.97. The van der Waals surface area contributed by atoms with Crippen LogP contribution in [0.15, 0.2) is 42.5 Å². The number of ether oxygens (including phenoxy) is 1. The first-order chi connectivity index (χ1) is 11.6. The minimum absolute atomic E-state index is 0.0362. The number of hydrogen-bond acceptors (Lipinski definition) is 5. The number of nitrogens with zero attached hydrogens (tertiary/aromatic N) is 4. The number of benzene rings is 2. The molecular formula is C16H12F2N4O2. The molecule has 0 amide bonds. The largest absolute Gasteiger partial charge is 0.497 e. The Bertz CT molecular complexity index is 895. The molecular weight excluding hydrogens is 318 g/mol. The minimum Gasteiger partial charge on any atom is -0.497 e. The Kier molecular flexibility index (Phi) is 4.28. The predicted molar refractivity (Wildman–Crippen MR) is 80.5 cm³/mol. The molecule has 0 radical (unpaired) electrons. The summed E-state index contributed by atoms with van der Waals surface area (Å²) in [5.74, 6) is -1.58. The number of aromatic nitrogens is 4. The van der Waals surface area contributed by atoms with Crippen LogP contribution in [0.4, 0.5) is 8.78 Å². The molecule has 1 heterocycles. The van der Waals surface area contributed by atoms with Gasteiger partial charge in [-0.15, -0.1) is 10.2 Å². The third kappa shape index (κ3) is 3.27. The van der Waals surface area contributed by atoms with Crippen molar-refractivity contribution < 1.29 is 18.3 Å². The van der Waals surface area contributed by atoms with Gasteiger partial charge < -0.3 is 4.74 Å². The summed E-state index contributed by atoms with van der Waals surface area (Å²) >= 11 is 0. The summed E-state index contributed by atoms with van der Waals surface area (Å²) in [7, 11) is 1.55. The average molecular weight is 330 g/mol. The summed E-state index contributed by atoms with van der Waals surface area (Å²) in [5.41, 5.74) is 0.718. The van der Waals surface area contributed by atoms with E-state index in [4.69, 9.17) is 4.74 Å². The number of carbonyl (C=O) groups excluding carboxylic acids is 1. The minimum atomic E-state index is -1.08. The van der Waals surface area contributed by atoms with Crippen LogP contribution in [0.1, 0.15) is 10.4 Å². The molecule has 24 heavy (non-hydrogen) atoms. The quantitative estimate of drug-likeness (QED) is 0.672. The zero-order valence-corrected chi connectivity index (χ0v) is 12.6. The number of hydrogen-bond donors (Lipinski definition) is 0. The zero-order chi connectivity index (χ0) is 17.1. The van der Waals surface area contributed by atoms with Crippen LogP contribution in [0, 0.1) is 11.6 Å². The molecule has 0 aliphatic heterocycles. The third-order valence-corrected chi connectivity index (χ3v) is 3.31. The fourth-order valence-electron chi connectivity index (χ4n) is 2.08. The molecule has 0 bridgehead atoms. The van der Waals surface area contributed by atoms with Crippen LogP contribution in [0.25, 0.3) is 11.4 Å². The lowest BCUT2D eigenvalue weighted by atomic mass is 10.1. The monoisotopic (exact) mass is 330 g/mol. The highest BCUT2D eigenvalue weighted by Crippen LogP contribution is 2.19. The Hall–Kier alpha value is -3.16. The van der Waals surface area contributed by atoms with Gasteiger partial charge in [0.2, 0.25) is 5.82 Å². The number of halogens is 2. The topological polar surface area (TPSA) is 69.9 Å². The summed E-state index contributed by atoms with van der Waals surface area (Å²) in [5, 5.41) is 11.8. The molecule has 6 nitrogen and oxygen atoms in total. The van der Waals surface area contributed by atoms with Crippen molar-refractivity contribution >= 4 is 5.78 Å². The van der Waals surface area contributed by atoms with Crippen molar-refractivity contribution in [1.29, 1.82) is 0 Å². The first kappa shape index (κ1) is 15.7. The van der Waals surface area contributed by atoms with Crippen molar-refractivity contribution in [3.05, 3.63) is 59.7 Å². The van der Waals surface area contributed by atoms with Gasteiger partial charge in [0.05, 0.1) is 7.11 Å². The maximum absolute atomic E-state index is 13.2. The predicted octanol–water partition coefficient (Wildman–Crippen LogP) is 2.51. The van der Waals surface area contributed by atoms with E-state index in [9.17, 15) is 13.6 Å². The SMILES string of the molecule is COc1cccc(-c2nnn(CC(=O)c3ccc(F)c(F)c3)n2)c1. The van der Waals surface area contributed by atoms with Crippen LogP contribution in [0.5, 0.6) is 5.75 Å². The Morgan fingerprint density at radius 1 is 1.17 bits per heavy atom. The van der Waals surface area contributed by atoms with E-state index < -0.39 is 17.4 Å². The molecule has 0 spiro atoms. The molecule has 0 fully saturated rings. The molecule has 8 heteroatoms. The van der Waals surface area contributed by atoms with Crippen LogP contribution in [-0.4, -0.2) is 33.1 Å². The normalized spacial score (nSPS) is 10.6. The second kappa shape index (κ2) is 6.53. The summed E-state index contributed by atoms with van der Waals surface area (Å²) < 4.78 is 31.2. The molecule has 2 aromatic carbocycles. The maximum atomic E-state index is 13.2. The Balaban J connectivity index is 1.78. The summed E-state index contributed by atoms with van der Waals surface area (Å²) in [6, 6.07) is 10.0. The Labute approximate surface area is 135 Å². The van der Waals surface area contributed by atoms with Crippen molar-refractivity contribution in [1.82, 2.24) is 20.2 Å². The summed E-state index contributed by atoms with van der Waals surface area (Å²) in [6.45, 7) is -0.234. The molecule has 0 atom stereocenters. The fourth-order valence-corrected chi connectivity index (χ4v) is 2.08. The zero-order valence-electron chi connectivity index (χ0n) is 12.6. The molecule has 0 saturated heterocycles. The van der Waals surface area contributed by atoms with Crippen molar-refractivity contribution in [2.24, 2.45) is 0 Å². The van der Waals surface area contributed by atoms with Gasteiger partial charge in [0.15, 0.2) is 17.4 Å². The van der Waals surface area contributed by atoms with E-state index in [1.54, 1.807) is 31.4 Å². The number of methoxy groups -OCH3 is 1. The maximum Gasteiger partial charge on any atom is 0.205 e. The van der Waals surface area contributed by atoms with Crippen molar-refractivity contribution in [2.75, 3.05) is 7.11 Å². The van der Waals surface area contributed by atoms with Crippen LogP contribution in [0.3, 0.4) is 0 Å². The van der Waals surface area contributed by atoms with Gasteiger partial charge >= 0.3 is 0 Å². The molecule has 3 rings (SSSR count). The van der Waals surface area contributed by atoms with E-state index in [-0.39, 0.29) is 12.1 Å². The van der Waals surface area contributed by atoms with Gasteiger partial charge in [0.25, 0.3) is 0 Å². The van der Waals surface area contributed by atoms with Crippen LogP contribution in [-0.2, 0) is 6.54 Å². The molecule has 1 aromatic heterocycles. The molecule has 0 aliphatic rings. The number of rotatable bonds is 5.